The van der Waals surface area contributed by atoms with Gasteiger partial charge in [0.2, 0.25) is 5.91 Å². The molecule has 6 rings (SSSR count). The topological polar surface area (TPSA) is 88.7 Å². The van der Waals surface area contributed by atoms with E-state index in [9.17, 15) is 27.6 Å². The number of aromatic nitrogens is 3. The molecule has 3 aromatic rings. The quantitative estimate of drug-likeness (QED) is 0.447. The highest BCUT2D eigenvalue weighted by Crippen LogP contribution is 2.37. The van der Waals surface area contributed by atoms with Crippen molar-refractivity contribution >= 4 is 39.1 Å². The van der Waals surface area contributed by atoms with Crippen molar-refractivity contribution in [2.45, 2.75) is 44.8 Å². The average molecular weight is 630 g/mol. The zero-order valence-electron chi connectivity index (χ0n) is 22.2. The van der Waals surface area contributed by atoms with Crippen LogP contribution in [0.2, 0.25) is 0 Å². The van der Waals surface area contributed by atoms with Crippen molar-refractivity contribution in [3.05, 3.63) is 85.4 Å². The van der Waals surface area contributed by atoms with E-state index < -0.39 is 17.6 Å². The summed E-state index contributed by atoms with van der Waals surface area (Å²) in [7, 11) is 1.59. The van der Waals surface area contributed by atoms with Crippen LogP contribution < -0.4 is 10.9 Å². The fraction of sp³-hybridized carbons (Fsp3) is 0.379. The molecule has 3 aliphatic rings. The first-order valence-electron chi connectivity index (χ1n) is 13.5. The van der Waals surface area contributed by atoms with Gasteiger partial charge in [0.15, 0.2) is 0 Å². The highest BCUT2D eigenvalue weighted by molar-refractivity contribution is 9.10. The Kier molecular flexibility index (Phi) is 6.91. The Balaban J connectivity index is 1.40. The third-order valence-electron chi connectivity index (χ3n) is 8.00. The highest BCUT2D eigenvalue weighted by Gasteiger charge is 2.35. The number of nitrogens with zero attached hydrogens (tertiary/aromatic N) is 4. The molecule has 1 saturated carbocycles. The van der Waals surface area contributed by atoms with E-state index in [0.717, 1.165) is 30.9 Å². The van der Waals surface area contributed by atoms with E-state index in [2.05, 4.69) is 26.3 Å². The van der Waals surface area contributed by atoms with Crippen molar-refractivity contribution in [2.24, 2.45) is 11.8 Å². The van der Waals surface area contributed by atoms with Gasteiger partial charge in [0.1, 0.15) is 5.65 Å². The smallest absolute Gasteiger partial charge is 0.359 e. The molecule has 3 heterocycles. The summed E-state index contributed by atoms with van der Waals surface area (Å²) in [6, 6.07) is 3.44. The number of rotatable bonds is 5. The summed E-state index contributed by atoms with van der Waals surface area (Å²) in [6.45, 7) is 0.212. The van der Waals surface area contributed by atoms with Gasteiger partial charge in [0, 0.05) is 40.5 Å². The minimum Gasteiger partial charge on any atom is -0.359 e. The standard InChI is InChI=1S/C29H27BrF3N5O3/c1-34-25(39)17-4-7-20(8-5-17)37-26-19(12-16-2-3-16)14-35-38(26)24-15-36(11-10-21(24)28(37)41)27(40)18-6-9-23(30)22(13-18)29(31,32)33/h4,6-9,13-14,16-17H,2-3,5,10-12,15H2,1H3,(H,34,39). The Morgan fingerprint density at radius 3 is 2.66 bits per heavy atom. The summed E-state index contributed by atoms with van der Waals surface area (Å²) in [5.41, 5.74) is 2.05. The number of nitrogens with one attached hydrogen (secondary N) is 1. The van der Waals surface area contributed by atoms with Crippen LogP contribution in [0.25, 0.3) is 11.3 Å². The third kappa shape index (κ3) is 5.02. The van der Waals surface area contributed by atoms with Gasteiger partial charge < -0.3 is 10.2 Å². The number of fused-ring (bicyclic) bond motifs is 3. The first-order valence-corrected chi connectivity index (χ1v) is 14.3. The first kappa shape index (κ1) is 27.5. The maximum Gasteiger partial charge on any atom is 0.417 e. The number of benzene rings is 1. The molecule has 2 aliphatic carbocycles. The molecule has 12 heteroatoms. The number of alkyl halides is 3. The number of carbonyl (C=O) groups is 2. The van der Waals surface area contributed by atoms with Gasteiger partial charge in [-0.05, 0) is 62.3 Å². The van der Waals surface area contributed by atoms with Crippen LogP contribution in [0.3, 0.4) is 0 Å². The molecular weight excluding hydrogens is 603 g/mol. The van der Waals surface area contributed by atoms with Crippen molar-refractivity contribution in [1.82, 2.24) is 24.4 Å². The maximum atomic E-state index is 14.0. The first-order chi connectivity index (χ1) is 19.6. The zero-order chi connectivity index (χ0) is 29.1. The molecular formula is C29H27BrF3N5O3. The minimum atomic E-state index is -4.61. The molecule has 1 aliphatic heterocycles. The molecule has 1 fully saturated rings. The van der Waals surface area contributed by atoms with E-state index in [1.54, 1.807) is 34.5 Å². The Bertz CT molecular complexity index is 1700. The summed E-state index contributed by atoms with van der Waals surface area (Å²) >= 11 is 2.92. The molecule has 41 heavy (non-hydrogen) atoms. The molecule has 2 aromatic heterocycles. The van der Waals surface area contributed by atoms with E-state index >= 15 is 0 Å². The van der Waals surface area contributed by atoms with E-state index in [4.69, 9.17) is 0 Å². The van der Waals surface area contributed by atoms with Crippen LogP contribution in [-0.4, -0.2) is 44.5 Å². The lowest BCUT2D eigenvalue weighted by atomic mass is 9.98. The van der Waals surface area contributed by atoms with E-state index in [-0.39, 0.29) is 46.9 Å². The van der Waals surface area contributed by atoms with E-state index in [0.29, 0.717) is 34.9 Å². The predicted molar refractivity (Wildman–Crippen MR) is 149 cm³/mol. The van der Waals surface area contributed by atoms with Crippen molar-refractivity contribution in [2.75, 3.05) is 13.6 Å². The van der Waals surface area contributed by atoms with Crippen LogP contribution in [-0.2, 0) is 30.4 Å². The van der Waals surface area contributed by atoms with Gasteiger partial charge in [0.05, 0.1) is 29.9 Å². The van der Waals surface area contributed by atoms with Gasteiger partial charge in [-0.2, -0.15) is 18.3 Å². The largest absolute Gasteiger partial charge is 0.417 e. The molecule has 0 bridgehead atoms. The maximum absolute atomic E-state index is 14.0. The summed E-state index contributed by atoms with van der Waals surface area (Å²) in [6.07, 6.45) is 6.27. The number of halogens is 4. The summed E-state index contributed by atoms with van der Waals surface area (Å²) in [5, 5.41) is 7.29. The fourth-order valence-corrected chi connectivity index (χ4v) is 6.09. The van der Waals surface area contributed by atoms with Crippen LogP contribution in [0, 0.1) is 11.8 Å². The predicted octanol–water partition coefficient (Wildman–Crippen LogP) is 4.59. The normalized spacial score (nSPS) is 18.8. The van der Waals surface area contributed by atoms with Gasteiger partial charge in [0.25, 0.3) is 11.5 Å². The molecule has 1 N–H and O–H groups in total. The van der Waals surface area contributed by atoms with Crippen molar-refractivity contribution in [1.29, 1.82) is 0 Å². The molecule has 2 amide bonds. The number of carbonyl (C=O) groups excluding carboxylic acids is 2. The number of amides is 2. The van der Waals surface area contributed by atoms with Crippen LogP contribution in [0.4, 0.5) is 13.2 Å². The van der Waals surface area contributed by atoms with Crippen molar-refractivity contribution < 1.29 is 22.8 Å². The zero-order valence-corrected chi connectivity index (χ0v) is 23.8. The van der Waals surface area contributed by atoms with E-state index in [1.165, 1.54) is 17.0 Å². The summed E-state index contributed by atoms with van der Waals surface area (Å²) < 4.78 is 43.7. The van der Waals surface area contributed by atoms with Crippen LogP contribution in [0.1, 0.15) is 52.0 Å². The molecule has 0 spiro atoms. The van der Waals surface area contributed by atoms with Gasteiger partial charge >= 0.3 is 6.18 Å². The fourth-order valence-electron chi connectivity index (χ4n) is 5.62. The van der Waals surface area contributed by atoms with Crippen molar-refractivity contribution in [3.8, 4) is 0 Å². The summed E-state index contributed by atoms with van der Waals surface area (Å²) in [5.74, 6) is -0.444. The lowest BCUT2D eigenvalue weighted by molar-refractivity contribution is -0.138. The number of hydrogen-bond donors (Lipinski definition) is 1. The van der Waals surface area contributed by atoms with Gasteiger partial charge in [-0.1, -0.05) is 28.1 Å². The Labute approximate surface area is 241 Å². The van der Waals surface area contributed by atoms with Gasteiger partial charge in [-0.15, -0.1) is 0 Å². The second-order valence-electron chi connectivity index (χ2n) is 10.7. The number of hydrogen-bond acceptors (Lipinski definition) is 4. The lowest BCUT2D eigenvalue weighted by Crippen LogP contribution is -2.41. The SMILES string of the molecule is CNC(=O)C1C=CC(n2c(=O)c3c(n4ncc(CC5CC5)c24)CN(C(=O)c2ccc(Br)c(C(F)(F)F)c2)CC3)=CC1. The molecule has 1 aromatic carbocycles. The molecule has 0 radical (unpaired) electrons. The molecule has 0 saturated heterocycles. The molecule has 8 nitrogen and oxygen atoms in total. The highest BCUT2D eigenvalue weighted by atomic mass is 79.9. The average Bonchev–Trinajstić information content (AvgIpc) is 3.69. The number of allylic oxidation sites excluding steroid dienone is 3. The Hall–Kier alpha value is -3.67. The van der Waals surface area contributed by atoms with Gasteiger partial charge in [-0.25, -0.2) is 4.52 Å². The summed E-state index contributed by atoms with van der Waals surface area (Å²) in [4.78, 5) is 41.0. The van der Waals surface area contributed by atoms with Crippen LogP contribution in [0.15, 0.2) is 51.9 Å². The second kappa shape index (κ2) is 10.3. The molecule has 214 valence electrons. The lowest BCUT2D eigenvalue weighted by Gasteiger charge is -2.30. The molecule has 1 unspecified atom stereocenters. The van der Waals surface area contributed by atoms with Crippen LogP contribution in [0.5, 0.6) is 0 Å². The second-order valence-corrected chi connectivity index (χ2v) is 11.6. The van der Waals surface area contributed by atoms with Crippen LogP contribution >= 0.6 is 15.9 Å². The van der Waals surface area contributed by atoms with Gasteiger partial charge in [-0.3, -0.25) is 19.0 Å². The van der Waals surface area contributed by atoms with E-state index in [1.807, 2.05) is 6.08 Å². The minimum absolute atomic E-state index is 0.0380. The Morgan fingerprint density at radius 2 is 2.00 bits per heavy atom. The van der Waals surface area contributed by atoms with Crippen molar-refractivity contribution in [3.63, 3.8) is 0 Å². The monoisotopic (exact) mass is 629 g/mol. The molecule has 1 atom stereocenters. The third-order valence-corrected chi connectivity index (χ3v) is 8.69. The Morgan fingerprint density at radius 1 is 1.22 bits per heavy atom.